The highest BCUT2D eigenvalue weighted by molar-refractivity contribution is 5.76. The van der Waals surface area contributed by atoms with E-state index in [1.165, 1.54) is 36.8 Å². The molecule has 21 heavy (non-hydrogen) atoms. The van der Waals surface area contributed by atoms with Gasteiger partial charge in [-0.25, -0.2) is 0 Å². The van der Waals surface area contributed by atoms with E-state index < -0.39 is 0 Å². The number of nitrogens with zero attached hydrogens (tertiary/aromatic N) is 1. The molecule has 1 aliphatic rings. The van der Waals surface area contributed by atoms with Crippen molar-refractivity contribution in [2.24, 2.45) is 0 Å². The van der Waals surface area contributed by atoms with Crippen LogP contribution in [0.1, 0.15) is 56.6 Å². The fraction of sp³-hybridized carbons (Fsp3) is 0.611. The fourth-order valence-corrected chi connectivity index (χ4v) is 2.91. The number of carbonyl (C=O) groups excluding carboxylic acids is 1. The van der Waals surface area contributed by atoms with Crippen molar-refractivity contribution in [2.75, 3.05) is 13.7 Å². The summed E-state index contributed by atoms with van der Waals surface area (Å²) in [6.45, 7) is 3.81. The van der Waals surface area contributed by atoms with Gasteiger partial charge in [-0.05, 0) is 36.1 Å². The van der Waals surface area contributed by atoms with Crippen LogP contribution in [0.5, 0.6) is 5.75 Å². The van der Waals surface area contributed by atoms with Gasteiger partial charge in [-0.15, -0.1) is 0 Å². The van der Waals surface area contributed by atoms with Gasteiger partial charge in [0.05, 0.1) is 7.11 Å². The summed E-state index contributed by atoms with van der Waals surface area (Å²) in [6.07, 6.45) is 7.65. The first-order valence-corrected chi connectivity index (χ1v) is 8.18. The van der Waals surface area contributed by atoms with Crippen LogP contribution in [0, 0.1) is 0 Å². The standard InChI is InChI=1S/C18H27NO2/c1-3-4-5-6-7-8-18(20)19-12-11-15-13-17(21-2)10-9-16(15)14-19/h9-10,13H,3-8,11-12,14H2,1-2H3. The molecular formula is C18H27NO2. The van der Waals surface area contributed by atoms with Gasteiger partial charge < -0.3 is 9.64 Å². The lowest BCUT2D eigenvalue weighted by Gasteiger charge is -2.29. The number of hydrogen-bond acceptors (Lipinski definition) is 2. The first-order chi connectivity index (χ1) is 10.2. The third-order valence-corrected chi connectivity index (χ3v) is 4.27. The Morgan fingerprint density at radius 2 is 2.00 bits per heavy atom. The summed E-state index contributed by atoms with van der Waals surface area (Å²) in [5.41, 5.74) is 2.59. The molecule has 0 bridgehead atoms. The van der Waals surface area contributed by atoms with Gasteiger partial charge in [-0.1, -0.05) is 38.7 Å². The first kappa shape index (κ1) is 15.9. The maximum atomic E-state index is 12.3. The van der Waals surface area contributed by atoms with Crippen molar-refractivity contribution in [1.82, 2.24) is 4.90 Å². The molecule has 0 unspecified atom stereocenters. The number of amides is 1. The second kappa shape index (κ2) is 8.06. The molecule has 0 spiro atoms. The molecule has 3 heteroatoms. The molecule has 0 saturated carbocycles. The number of benzene rings is 1. The van der Waals surface area contributed by atoms with Gasteiger partial charge in [0.1, 0.15) is 5.75 Å². The number of ether oxygens (including phenoxy) is 1. The second-order valence-corrected chi connectivity index (χ2v) is 5.86. The van der Waals surface area contributed by atoms with E-state index in [0.717, 1.165) is 31.7 Å². The van der Waals surface area contributed by atoms with Gasteiger partial charge in [0.25, 0.3) is 0 Å². The molecule has 0 aromatic heterocycles. The van der Waals surface area contributed by atoms with Crippen molar-refractivity contribution < 1.29 is 9.53 Å². The topological polar surface area (TPSA) is 29.5 Å². The molecular weight excluding hydrogens is 262 g/mol. The lowest BCUT2D eigenvalue weighted by molar-refractivity contribution is -0.132. The smallest absolute Gasteiger partial charge is 0.222 e. The SMILES string of the molecule is CCCCCCCC(=O)N1CCc2cc(OC)ccc2C1. The maximum Gasteiger partial charge on any atom is 0.222 e. The molecule has 0 radical (unpaired) electrons. The first-order valence-electron chi connectivity index (χ1n) is 8.18. The summed E-state index contributed by atoms with van der Waals surface area (Å²) < 4.78 is 5.26. The number of methoxy groups -OCH3 is 1. The molecule has 1 aromatic carbocycles. The molecule has 1 amide bonds. The van der Waals surface area contributed by atoms with Crippen molar-refractivity contribution in [3.8, 4) is 5.75 Å². The number of carbonyl (C=O) groups is 1. The fourth-order valence-electron chi connectivity index (χ4n) is 2.91. The molecule has 0 saturated heterocycles. The van der Waals surface area contributed by atoms with Crippen molar-refractivity contribution in [3.05, 3.63) is 29.3 Å². The van der Waals surface area contributed by atoms with Crippen LogP contribution in [0.2, 0.25) is 0 Å². The predicted octanol–water partition coefficient (Wildman–Crippen LogP) is 3.94. The minimum atomic E-state index is 0.313. The predicted molar refractivity (Wildman–Crippen MR) is 85.5 cm³/mol. The summed E-state index contributed by atoms with van der Waals surface area (Å²) >= 11 is 0. The van der Waals surface area contributed by atoms with E-state index in [1.54, 1.807) is 7.11 Å². The number of hydrogen-bond donors (Lipinski definition) is 0. The quantitative estimate of drug-likeness (QED) is 0.712. The zero-order valence-electron chi connectivity index (χ0n) is 13.4. The molecule has 0 atom stereocenters. The van der Waals surface area contributed by atoms with Crippen molar-refractivity contribution >= 4 is 5.91 Å². The molecule has 1 aliphatic heterocycles. The zero-order chi connectivity index (χ0) is 15.1. The molecule has 0 aliphatic carbocycles. The average molecular weight is 289 g/mol. The average Bonchev–Trinajstić information content (AvgIpc) is 2.53. The van der Waals surface area contributed by atoms with E-state index in [0.29, 0.717) is 12.3 Å². The molecule has 1 aromatic rings. The number of unbranched alkanes of at least 4 members (excludes halogenated alkanes) is 4. The second-order valence-electron chi connectivity index (χ2n) is 5.86. The van der Waals surface area contributed by atoms with Crippen LogP contribution in [0.15, 0.2) is 18.2 Å². The van der Waals surface area contributed by atoms with Crippen LogP contribution < -0.4 is 4.74 Å². The van der Waals surface area contributed by atoms with Crippen LogP contribution in [-0.4, -0.2) is 24.5 Å². The van der Waals surface area contributed by atoms with Crippen molar-refractivity contribution in [2.45, 2.75) is 58.4 Å². The Morgan fingerprint density at radius 1 is 1.19 bits per heavy atom. The van der Waals surface area contributed by atoms with E-state index in [2.05, 4.69) is 19.1 Å². The van der Waals surface area contributed by atoms with E-state index in [-0.39, 0.29) is 0 Å². The largest absolute Gasteiger partial charge is 0.497 e. The molecule has 1 heterocycles. The van der Waals surface area contributed by atoms with Gasteiger partial charge in [0.15, 0.2) is 0 Å². The van der Waals surface area contributed by atoms with Crippen LogP contribution >= 0.6 is 0 Å². The molecule has 116 valence electrons. The molecule has 3 nitrogen and oxygen atoms in total. The monoisotopic (exact) mass is 289 g/mol. The van der Waals surface area contributed by atoms with E-state index in [9.17, 15) is 4.79 Å². The Bertz CT molecular complexity index is 470. The van der Waals surface area contributed by atoms with Crippen molar-refractivity contribution in [3.63, 3.8) is 0 Å². The molecule has 0 N–H and O–H groups in total. The van der Waals surface area contributed by atoms with Crippen LogP contribution in [-0.2, 0) is 17.8 Å². The summed E-state index contributed by atoms with van der Waals surface area (Å²) in [7, 11) is 1.69. The minimum Gasteiger partial charge on any atom is -0.497 e. The van der Waals surface area contributed by atoms with Crippen LogP contribution in [0.4, 0.5) is 0 Å². The van der Waals surface area contributed by atoms with E-state index in [4.69, 9.17) is 4.74 Å². The minimum absolute atomic E-state index is 0.313. The van der Waals surface area contributed by atoms with Gasteiger partial charge in [-0.3, -0.25) is 4.79 Å². The van der Waals surface area contributed by atoms with Crippen LogP contribution in [0.3, 0.4) is 0 Å². The van der Waals surface area contributed by atoms with E-state index >= 15 is 0 Å². The van der Waals surface area contributed by atoms with Gasteiger partial charge >= 0.3 is 0 Å². The summed E-state index contributed by atoms with van der Waals surface area (Å²) in [5, 5.41) is 0. The summed E-state index contributed by atoms with van der Waals surface area (Å²) in [6, 6.07) is 6.17. The lowest BCUT2D eigenvalue weighted by atomic mass is 9.99. The van der Waals surface area contributed by atoms with Crippen LogP contribution in [0.25, 0.3) is 0 Å². The highest BCUT2D eigenvalue weighted by Gasteiger charge is 2.20. The Balaban J connectivity index is 1.82. The van der Waals surface area contributed by atoms with Gasteiger partial charge in [0.2, 0.25) is 5.91 Å². The Hall–Kier alpha value is -1.51. The highest BCUT2D eigenvalue weighted by Crippen LogP contribution is 2.24. The Morgan fingerprint density at radius 3 is 2.76 bits per heavy atom. The normalized spacial score (nSPS) is 13.9. The van der Waals surface area contributed by atoms with E-state index in [1.807, 2.05) is 11.0 Å². The Labute approximate surface area is 128 Å². The summed E-state index contributed by atoms with van der Waals surface area (Å²) in [5.74, 6) is 1.22. The van der Waals surface area contributed by atoms with Gasteiger partial charge in [0, 0.05) is 19.5 Å². The summed E-state index contributed by atoms with van der Waals surface area (Å²) in [4.78, 5) is 14.3. The zero-order valence-corrected chi connectivity index (χ0v) is 13.4. The number of rotatable bonds is 7. The Kier molecular flexibility index (Phi) is 6.09. The maximum absolute atomic E-state index is 12.3. The third-order valence-electron chi connectivity index (χ3n) is 4.27. The molecule has 2 rings (SSSR count). The highest BCUT2D eigenvalue weighted by atomic mass is 16.5. The number of fused-ring (bicyclic) bond motifs is 1. The molecule has 0 fully saturated rings. The third kappa shape index (κ3) is 4.48. The lowest BCUT2D eigenvalue weighted by Crippen LogP contribution is -2.35. The van der Waals surface area contributed by atoms with Crippen molar-refractivity contribution in [1.29, 1.82) is 0 Å². The van der Waals surface area contributed by atoms with Gasteiger partial charge in [-0.2, -0.15) is 0 Å².